The zero-order chi connectivity index (χ0) is 14.8. The van der Waals surface area contributed by atoms with Crippen molar-refractivity contribution in [2.75, 3.05) is 5.73 Å². The number of hydrogen-bond acceptors (Lipinski definition) is 4. The number of carboxylic acid groups (broad SMARTS) is 1. The first-order valence-electron chi connectivity index (χ1n) is 6.30. The minimum absolute atomic E-state index is 0.514. The Labute approximate surface area is 117 Å². The lowest BCUT2D eigenvalue weighted by Crippen LogP contribution is -2.37. The normalized spacial score (nSPS) is 25.7. The number of hydrogen-bond donors (Lipinski definition) is 2. The quantitative estimate of drug-likeness (QED) is 0.652. The number of nitrogen functional groups attached to an aromatic ring is 1. The number of nitrogens with two attached hydrogens (primary N) is 1. The van der Waals surface area contributed by atoms with Crippen molar-refractivity contribution in [3.8, 4) is 0 Å². The second kappa shape index (κ2) is 5.28. The molecule has 0 saturated carbocycles. The van der Waals surface area contributed by atoms with Gasteiger partial charge in [-0.15, -0.1) is 0 Å². The molecular formula is C15H17N3O2. The van der Waals surface area contributed by atoms with Crippen molar-refractivity contribution in [2.45, 2.75) is 19.9 Å². The lowest BCUT2D eigenvalue weighted by molar-refractivity contribution is -0.145. The molecule has 20 heavy (non-hydrogen) atoms. The third-order valence-corrected chi connectivity index (χ3v) is 3.42. The monoisotopic (exact) mass is 271 g/mol. The Kier molecular flexibility index (Phi) is 3.70. The van der Waals surface area contributed by atoms with Crippen molar-refractivity contribution in [2.24, 2.45) is 15.6 Å². The summed E-state index contributed by atoms with van der Waals surface area (Å²) in [6.45, 7) is 3.53. The van der Waals surface area contributed by atoms with Crippen LogP contribution in [0.1, 0.15) is 13.8 Å². The standard InChI is InChI=1S/C15H17N3O2/c1-10-7-8-15(2,14(19)20)13(9-10)18-17-12-6-4-3-5-11(12)16/h3-9,13H,16H2,1-2H3,(H,19,20)/b18-17+. The zero-order valence-corrected chi connectivity index (χ0v) is 11.4. The predicted molar refractivity (Wildman–Crippen MR) is 77.8 cm³/mol. The van der Waals surface area contributed by atoms with Gasteiger partial charge in [-0.25, -0.2) is 0 Å². The summed E-state index contributed by atoms with van der Waals surface area (Å²) < 4.78 is 0. The van der Waals surface area contributed by atoms with E-state index in [1.807, 2.05) is 19.1 Å². The van der Waals surface area contributed by atoms with Crippen LogP contribution in [0.5, 0.6) is 0 Å². The molecule has 1 aromatic carbocycles. The molecule has 2 atom stereocenters. The van der Waals surface area contributed by atoms with E-state index in [4.69, 9.17) is 5.73 Å². The number of anilines is 1. The molecule has 0 fully saturated rings. The summed E-state index contributed by atoms with van der Waals surface area (Å²) in [5.41, 5.74) is 6.72. The van der Waals surface area contributed by atoms with Crippen molar-refractivity contribution in [1.29, 1.82) is 0 Å². The molecule has 5 heteroatoms. The molecule has 0 amide bonds. The number of allylic oxidation sites excluding steroid dienone is 2. The minimum Gasteiger partial charge on any atom is -0.481 e. The highest BCUT2D eigenvalue weighted by atomic mass is 16.4. The molecule has 1 aliphatic carbocycles. The highest BCUT2D eigenvalue weighted by molar-refractivity contribution is 5.79. The van der Waals surface area contributed by atoms with Crippen LogP contribution in [0.3, 0.4) is 0 Å². The Balaban J connectivity index is 2.33. The first kappa shape index (κ1) is 14.0. The molecule has 2 unspecified atom stereocenters. The molecule has 0 aliphatic heterocycles. The van der Waals surface area contributed by atoms with E-state index < -0.39 is 17.4 Å². The van der Waals surface area contributed by atoms with Gasteiger partial charge in [-0.2, -0.15) is 10.2 Å². The Morgan fingerprint density at radius 1 is 1.40 bits per heavy atom. The molecule has 0 heterocycles. The summed E-state index contributed by atoms with van der Waals surface area (Å²) in [6.07, 6.45) is 5.25. The largest absolute Gasteiger partial charge is 0.481 e. The number of carboxylic acids is 1. The number of azo groups is 1. The van der Waals surface area contributed by atoms with E-state index in [9.17, 15) is 9.90 Å². The molecule has 0 spiro atoms. The molecule has 0 radical (unpaired) electrons. The lowest BCUT2D eigenvalue weighted by atomic mass is 9.78. The first-order chi connectivity index (χ1) is 9.43. The summed E-state index contributed by atoms with van der Waals surface area (Å²) in [4.78, 5) is 11.5. The maximum atomic E-state index is 11.5. The van der Waals surface area contributed by atoms with Crippen LogP contribution in [0.15, 0.2) is 58.3 Å². The van der Waals surface area contributed by atoms with Crippen molar-refractivity contribution in [1.82, 2.24) is 0 Å². The molecule has 1 aliphatic rings. The van der Waals surface area contributed by atoms with E-state index in [-0.39, 0.29) is 0 Å². The van der Waals surface area contributed by atoms with E-state index in [1.165, 1.54) is 0 Å². The molecule has 3 N–H and O–H groups in total. The van der Waals surface area contributed by atoms with Gasteiger partial charge in [-0.1, -0.05) is 35.9 Å². The van der Waals surface area contributed by atoms with Gasteiger partial charge in [0.25, 0.3) is 0 Å². The van der Waals surface area contributed by atoms with Crippen LogP contribution < -0.4 is 5.73 Å². The number of rotatable bonds is 3. The van der Waals surface area contributed by atoms with E-state index in [1.54, 1.807) is 37.3 Å². The molecule has 0 saturated heterocycles. The molecule has 0 aromatic heterocycles. The van der Waals surface area contributed by atoms with Crippen molar-refractivity contribution in [3.05, 3.63) is 48.1 Å². The van der Waals surface area contributed by atoms with E-state index in [0.717, 1.165) is 5.57 Å². The fraction of sp³-hybridized carbons (Fsp3) is 0.267. The molecular weight excluding hydrogens is 254 g/mol. The summed E-state index contributed by atoms with van der Waals surface area (Å²) in [6, 6.07) is 6.54. The zero-order valence-electron chi connectivity index (χ0n) is 11.4. The third-order valence-electron chi connectivity index (χ3n) is 3.42. The fourth-order valence-corrected chi connectivity index (χ4v) is 1.93. The second-order valence-corrected chi connectivity index (χ2v) is 5.05. The Bertz CT molecular complexity index is 619. The highest BCUT2D eigenvalue weighted by Crippen LogP contribution is 2.34. The van der Waals surface area contributed by atoms with Gasteiger partial charge >= 0.3 is 5.97 Å². The van der Waals surface area contributed by atoms with Crippen molar-refractivity contribution in [3.63, 3.8) is 0 Å². The lowest BCUT2D eigenvalue weighted by Gasteiger charge is -2.28. The summed E-state index contributed by atoms with van der Waals surface area (Å²) in [5.74, 6) is -0.928. The average molecular weight is 271 g/mol. The molecule has 5 nitrogen and oxygen atoms in total. The van der Waals surface area contributed by atoms with Crippen LogP contribution in [0.25, 0.3) is 0 Å². The Morgan fingerprint density at radius 2 is 2.10 bits per heavy atom. The van der Waals surface area contributed by atoms with E-state index in [2.05, 4.69) is 10.2 Å². The first-order valence-corrected chi connectivity index (χ1v) is 6.30. The average Bonchev–Trinajstić information content (AvgIpc) is 2.41. The molecule has 104 valence electrons. The van der Waals surface area contributed by atoms with Gasteiger partial charge in [0.05, 0.1) is 5.69 Å². The summed E-state index contributed by atoms with van der Waals surface area (Å²) in [5, 5.41) is 17.7. The highest BCUT2D eigenvalue weighted by Gasteiger charge is 2.40. The van der Waals surface area contributed by atoms with Gasteiger partial charge in [0.2, 0.25) is 0 Å². The van der Waals surface area contributed by atoms with E-state index in [0.29, 0.717) is 11.4 Å². The molecule has 0 bridgehead atoms. The number of carbonyl (C=O) groups is 1. The van der Waals surface area contributed by atoms with Gasteiger partial charge in [0.15, 0.2) is 0 Å². The molecule has 1 aromatic rings. The second-order valence-electron chi connectivity index (χ2n) is 5.05. The maximum Gasteiger partial charge on any atom is 0.315 e. The van der Waals surface area contributed by atoms with Crippen LogP contribution in [0, 0.1) is 5.41 Å². The van der Waals surface area contributed by atoms with Gasteiger partial charge in [-0.3, -0.25) is 4.79 Å². The van der Waals surface area contributed by atoms with Gasteiger partial charge < -0.3 is 10.8 Å². The van der Waals surface area contributed by atoms with Gasteiger partial charge in [0, 0.05) is 0 Å². The van der Waals surface area contributed by atoms with Crippen molar-refractivity contribution < 1.29 is 9.90 Å². The predicted octanol–water partition coefficient (Wildman–Crippen LogP) is 3.33. The SMILES string of the molecule is CC1=CC(/N=N/c2ccccc2N)C(C)(C(=O)O)C=C1. The number of para-hydroxylation sites is 1. The number of benzene rings is 1. The van der Waals surface area contributed by atoms with Crippen LogP contribution >= 0.6 is 0 Å². The van der Waals surface area contributed by atoms with E-state index >= 15 is 0 Å². The van der Waals surface area contributed by atoms with Crippen molar-refractivity contribution >= 4 is 17.3 Å². The van der Waals surface area contributed by atoms with Gasteiger partial charge in [-0.05, 0) is 26.0 Å². The maximum absolute atomic E-state index is 11.5. The topological polar surface area (TPSA) is 88.0 Å². The number of aliphatic carboxylic acids is 1. The molecule has 2 rings (SSSR count). The Morgan fingerprint density at radius 3 is 2.75 bits per heavy atom. The fourth-order valence-electron chi connectivity index (χ4n) is 1.93. The number of nitrogens with zero attached hydrogens (tertiary/aromatic N) is 2. The summed E-state index contributed by atoms with van der Waals surface area (Å²) >= 11 is 0. The van der Waals surface area contributed by atoms with Gasteiger partial charge in [0.1, 0.15) is 17.1 Å². The minimum atomic E-state index is -1.09. The smallest absolute Gasteiger partial charge is 0.315 e. The van der Waals surface area contributed by atoms with Crippen LogP contribution in [-0.2, 0) is 4.79 Å². The van der Waals surface area contributed by atoms with Crippen LogP contribution in [-0.4, -0.2) is 17.1 Å². The van der Waals surface area contributed by atoms with Crippen LogP contribution in [0.2, 0.25) is 0 Å². The third kappa shape index (κ3) is 2.61. The Hall–Kier alpha value is -2.43. The van der Waals surface area contributed by atoms with Crippen LogP contribution in [0.4, 0.5) is 11.4 Å². The summed E-state index contributed by atoms with van der Waals surface area (Å²) in [7, 11) is 0.